The zero-order chi connectivity index (χ0) is 16.6. The van der Waals surface area contributed by atoms with Crippen molar-refractivity contribution in [1.82, 2.24) is 0 Å². The summed E-state index contributed by atoms with van der Waals surface area (Å²) >= 11 is 6.01. The first kappa shape index (κ1) is 15.8. The lowest BCUT2D eigenvalue weighted by Gasteiger charge is -2.22. The van der Waals surface area contributed by atoms with Crippen molar-refractivity contribution < 1.29 is 19.1 Å². The van der Waals surface area contributed by atoms with E-state index in [0.717, 1.165) is 6.42 Å². The number of halogens is 1. The molecule has 5 nitrogen and oxygen atoms in total. The summed E-state index contributed by atoms with van der Waals surface area (Å²) in [6.45, 7) is 2.40. The second-order valence-corrected chi connectivity index (χ2v) is 5.99. The van der Waals surface area contributed by atoms with Gasteiger partial charge in [0.05, 0.1) is 18.4 Å². The number of ketones is 1. The second kappa shape index (κ2) is 5.83. The number of aliphatic hydroxyl groups is 1. The molecule has 0 fully saturated rings. The maximum Gasteiger partial charge on any atom is 0.264 e. The molecule has 3 rings (SSSR count). The topological polar surface area (TPSA) is 70.8 Å². The number of rotatable bonds is 5. The summed E-state index contributed by atoms with van der Waals surface area (Å²) in [5, 5.41) is 11.4. The van der Waals surface area contributed by atoms with E-state index < -0.39 is 17.3 Å². The first-order chi connectivity index (χ1) is 11.0. The number of carbonyl (C=O) groups excluding carboxylic acids is 2. The molecule has 1 aromatic carbocycles. The Hall–Kier alpha value is -2.11. The molecule has 1 aromatic heterocycles. The number of fused-ring (bicyclic) bond motifs is 1. The van der Waals surface area contributed by atoms with Crippen LogP contribution in [0.4, 0.5) is 5.69 Å². The summed E-state index contributed by atoms with van der Waals surface area (Å²) < 4.78 is 5.06. The molecule has 6 heteroatoms. The normalized spacial score (nSPS) is 20.0. The van der Waals surface area contributed by atoms with Crippen molar-refractivity contribution in [3.8, 4) is 0 Å². The van der Waals surface area contributed by atoms with Crippen LogP contribution in [0.5, 0.6) is 0 Å². The maximum atomic E-state index is 12.7. The predicted octanol–water partition coefficient (Wildman–Crippen LogP) is 3.15. The van der Waals surface area contributed by atoms with Crippen LogP contribution in [0.15, 0.2) is 41.0 Å². The van der Waals surface area contributed by atoms with Crippen molar-refractivity contribution >= 4 is 29.0 Å². The van der Waals surface area contributed by atoms with E-state index in [1.807, 2.05) is 6.92 Å². The van der Waals surface area contributed by atoms with E-state index in [4.69, 9.17) is 16.0 Å². The van der Waals surface area contributed by atoms with Gasteiger partial charge in [0.15, 0.2) is 11.4 Å². The van der Waals surface area contributed by atoms with Gasteiger partial charge in [0.1, 0.15) is 0 Å². The fourth-order valence-corrected chi connectivity index (χ4v) is 3.07. The molecule has 2 aromatic rings. The van der Waals surface area contributed by atoms with Crippen molar-refractivity contribution in [3.05, 3.63) is 52.9 Å². The molecule has 0 radical (unpaired) electrons. The SMILES string of the molecule is CCCN1C(=O)[C@](O)(CC(=O)c2ccco2)c2cc(Cl)ccc21. The van der Waals surface area contributed by atoms with Crippen LogP contribution in [0.2, 0.25) is 5.02 Å². The van der Waals surface area contributed by atoms with Crippen LogP contribution in [0.3, 0.4) is 0 Å². The number of carbonyl (C=O) groups is 2. The van der Waals surface area contributed by atoms with Crippen LogP contribution in [0.1, 0.15) is 35.9 Å². The Labute approximate surface area is 138 Å². The third kappa shape index (κ3) is 2.56. The Morgan fingerprint density at radius 1 is 1.39 bits per heavy atom. The van der Waals surface area contributed by atoms with E-state index in [1.165, 1.54) is 17.2 Å². The molecule has 1 amide bonds. The number of benzene rings is 1. The molecule has 0 saturated heterocycles. The number of nitrogens with zero attached hydrogens (tertiary/aromatic N) is 1. The molecule has 0 aliphatic carbocycles. The van der Waals surface area contributed by atoms with Crippen LogP contribution < -0.4 is 4.90 Å². The lowest BCUT2D eigenvalue weighted by atomic mass is 9.89. The molecule has 0 bridgehead atoms. The van der Waals surface area contributed by atoms with E-state index >= 15 is 0 Å². The number of amides is 1. The standard InChI is InChI=1S/C17H16ClNO4/c1-2-7-19-13-6-5-11(18)9-12(13)17(22,16(19)21)10-14(20)15-4-3-8-23-15/h3-6,8-9,22H,2,7,10H2,1H3/t17-/m0/s1. The number of anilines is 1. The molecule has 0 saturated carbocycles. The predicted molar refractivity (Wildman–Crippen MR) is 85.6 cm³/mol. The van der Waals surface area contributed by atoms with Gasteiger partial charge in [0, 0.05) is 17.1 Å². The minimum Gasteiger partial charge on any atom is -0.461 e. The molecule has 0 spiro atoms. The Morgan fingerprint density at radius 2 is 2.17 bits per heavy atom. The fraction of sp³-hybridized carbons (Fsp3) is 0.294. The Bertz CT molecular complexity index is 756. The van der Waals surface area contributed by atoms with Gasteiger partial charge in [-0.1, -0.05) is 18.5 Å². The lowest BCUT2D eigenvalue weighted by Crippen LogP contribution is -2.42. The highest BCUT2D eigenvalue weighted by Gasteiger charge is 2.51. The molecule has 23 heavy (non-hydrogen) atoms. The van der Waals surface area contributed by atoms with Crippen LogP contribution in [-0.2, 0) is 10.4 Å². The summed E-state index contributed by atoms with van der Waals surface area (Å²) in [5.41, 5.74) is -0.960. The van der Waals surface area contributed by atoms with E-state index in [0.29, 0.717) is 22.8 Å². The quantitative estimate of drug-likeness (QED) is 0.853. The number of furan rings is 1. The first-order valence-corrected chi connectivity index (χ1v) is 7.76. The zero-order valence-electron chi connectivity index (χ0n) is 12.6. The maximum absolute atomic E-state index is 12.7. The first-order valence-electron chi connectivity index (χ1n) is 7.38. The molecule has 0 unspecified atom stereocenters. The zero-order valence-corrected chi connectivity index (χ0v) is 13.3. The molecule has 1 aliphatic rings. The number of hydrogen-bond donors (Lipinski definition) is 1. The highest BCUT2D eigenvalue weighted by atomic mass is 35.5. The van der Waals surface area contributed by atoms with Crippen LogP contribution in [0, 0.1) is 0 Å². The van der Waals surface area contributed by atoms with Gasteiger partial charge in [-0.05, 0) is 36.8 Å². The van der Waals surface area contributed by atoms with Crippen molar-refractivity contribution in [2.24, 2.45) is 0 Å². The Kier molecular flexibility index (Phi) is 4.00. The molecule has 2 heterocycles. The molecule has 120 valence electrons. The van der Waals surface area contributed by atoms with Gasteiger partial charge < -0.3 is 14.4 Å². The van der Waals surface area contributed by atoms with Gasteiger partial charge in [-0.15, -0.1) is 0 Å². The summed E-state index contributed by atoms with van der Waals surface area (Å²) in [4.78, 5) is 26.6. The third-order valence-corrected chi connectivity index (χ3v) is 4.19. The summed E-state index contributed by atoms with van der Waals surface area (Å²) in [5.74, 6) is -0.824. The van der Waals surface area contributed by atoms with Crippen molar-refractivity contribution in [2.75, 3.05) is 11.4 Å². The van der Waals surface area contributed by atoms with Gasteiger partial charge in [-0.3, -0.25) is 9.59 Å². The van der Waals surface area contributed by atoms with Crippen LogP contribution in [0.25, 0.3) is 0 Å². The number of hydrogen-bond acceptors (Lipinski definition) is 4. The molecular weight excluding hydrogens is 318 g/mol. The largest absolute Gasteiger partial charge is 0.461 e. The summed E-state index contributed by atoms with van der Waals surface area (Å²) in [6.07, 6.45) is 1.73. The van der Waals surface area contributed by atoms with Gasteiger partial charge >= 0.3 is 0 Å². The average Bonchev–Trinajstić information content (AvgIpc) is 3.11. The number of Topliss-reactive ketones (excluding diaryl/α,β-unsaturated/α-hetero) is 1. The average molecular weight is 334 g/mol. The van der Waals surface area contributed by atoms with Crippen LogP contribution >= 0.6 is 11.6 Å². The lowest BCUT2D eigenvalue weighted by molar-refractivity contribution is -0.135. The Balaban J connectivity index is 2.02. The van der Waals surface area contributed by atoms with Crippen molar-refractivity contribution in [3.63, 3.8) is 0 Å². The third-order valence-electron chi connectivity index (χ3n) is 3.95. The van der Waals surface area contributed by atoms with Gasteiger partial charge in [0.25, 0.3) is 5.91 Å². The van der Waals surface area contributed by atoms with E-state index in [9.17, 15) is 14.7 Å². The molecular formula is C17H16ClNO4. The summed E-state index contributed by atoms with van der Waals surface area (Å²) in [7, 11) is 0. The highest BCUT2D eigenvalue weighted by Crippen LogP contribution is 2.44. The molecule has 1 N–H and O–H groups in total. The highest BCUT2D eigenvalue weighted by molar-refractivity contribution is 6.31. The van der Waals surface area contributed by atoms with Gasteiger partial charge in [0.2, 0.25) is 5.78 Å². The minimum absolute atomic E-state index is 0.115. The summed E-state index contributed by atoms with van der Waals surface area (Å²) in [6, 6.07) is 7.99. The van der Waals surface area contributed by atoms with E-state index in [2.05, 4.69) is 0 Å². The van der Waals surface area contributed by atoms with Gasteiger partial charge in [-0.25, -0.2) is 0 Å². The molecule has 1 atom stereocenters. The van der Waals surface area contributed by atoms with Gasteiger partial charge in [-0.2, -0.15) is 0 Å². The molecule has 1 aliphatic heterocycles. The van der Waals surface area contributed by atoms with E-state index in [-0.39, 0.29) is 12.2 Å². The van der Waals surface area contributed by atoms with E-state index in [1.54, 1.807) is 24.3 Å². The minimum atomic E-state index is -1.92. The fourth-order valence-electron chi connectivity index (χ4n) is 2.90. The monoisotopic (exact) mass is 333 g/mol. The smallest absolute Gasteiger partial charge is 0.264 e. The van der Waals surface area contributed by atoms with Crippen molar-refractivity contribution in [2.45, 2.75) is 25.4 Å². The van der Waals surface area contributed by atoms with Crippen molar-refractivity contribution in [1.29, 1.82) is 0 Å². The second-order valence-electron chi connectivity index (χ2n) is 5.56. The Morgan fingerprint density at radius 3 is 2.83 bits per heavy atom. The van der Waals surface area contributed by atoms with Crippen LogP contribution in [-0.4, -0.2) is 23.3 Å².